The van der Waals surface area contributed by atoms with E-state index in [1.54, 1.807) is 7.11 Å². The summed E-state index contributed by atoms with van der Waals surface area (Å²) >= 11 is 0. The maximum atomic E-state index is 6.08. The molecule has 0 spiro atoms. The molecule has 3 rings (SSSR count). The van der Waals surface area contributed by atoms with Gasteiger partial charge in [-0.2, -0.15) is 0 Å². The zero-order valence-corrected chi connectivity index (χ0v) is 13.8. The molecule has 0 aliphatic carbocycles. The Morgan fingerprint density at radius 3 is 2.23 bits per heavy atom. The minimum atomic E-state index is -0.443. The van der Waals surface area contributed by atoms with Crippen molar-refractivity contribution in [2.24, 2.45) is 0 Å². The summed E-state index contributed by atoms with van der Waals surface area (Å²) < 4.78 is 28.6. The van der Waals surface area contributed by atoms with Gasteiger partial charge in [-0.15, -0.1) is 0 Å². The zero-order valence-electron chi connectivity index (χ0n) is 13.8. The maximum Gasteiger partial charge on any atom is 0.498 e. The van der Waals surface area contributed by atoms with E-state index in [0.29, 0.717) is 19.0 Å². The van der Waals surface area contributed by atoms with Crippen molar-refractivity contribution < 1.29 is 23.5 Å². The second-order valence-electron chi connectivity index (χ2n) is 6.77. The highest BCUT2D eigenvalue weighted by molar-refractivity contribution is 6.63. The molecule has 0 amide bonds. The van der Waals surface area contributed by atoms with E-state index in [1.807, 2.05) is 45.9 Å². The van der Waals surface area contributed by atoms with Crippen LogP contribution in [0.4, 0.5) is 0 Å². The van der Waals surface area contributed by atoms with Gasteiger partial charge in [0.15, 0.2) is 0 Å². The largest absolute Gasteiger partial charge is 0.498 e. The fourth-order valence-corrected chi connectivity index (χ4v) is 2.40. The number of ether oxygens (including phenoxy) is 3. The lowest BCUT2D eigenvalue weighted by molar-refractivity contribution is -0.0797. The summed E-state index contributed by atoms with van der Waals surface area (Å²) in [6, 6.07) is 5.73. The first-order chi connectivity index (χ1) is 10.3. The molecular formula is C16H23BO5. The fraction of sp³-hybridized carbons (Fsp3) is 0.625. The van der Waals surface area contributed by atoms with E-state index < -0.39 is 7.12 Å². The Hall–Kier alpha value is -1.24. The van der Waals surface area contributed by atoms with Crippen molar-refractivity contribution in [1.29, 1.82) is 0 Å². The van der Waals surface area contributed by atoms with E-state index in [-0.39, 0.29) is 17.3 Å². The summed E-state index contributed by atoms with van der Waals surface area (Å²) in [7, 11) is 1.20. The number of hydrogen-bond donors (Lipinski definition) is 0. The third-order valence-corrected chi connectivity index (χ3v) is 4.62. The van der Waals surface area contributed by atoms with Crippen LogP contribution in [0.25, 0.3) is 0 Å². The van der Waals surface area contributed by atoms with Crippen molar-refractivity contribution in [1.82, 2.24) is 0 Å². The van der Waals surface area contributed by atoms with Crippen LogP contribution in [-0.4, -0.2) is 44.7 Å². The van der Waals surface area contributed by atoms with Crippen LogP contribution >= 0.6 is 0 Å². The zero-order chi connectivity index (χ0) is 16.0. The molecule has 2 saturated heterocycles. The van der Waals surface area contributed by atoms with Crippen LogP contribution in [0.2, 0.25) is 0 Å². The van der Waals surface area contributed by atoms with Crippen LogP contribution in [0.15, 0.2) is 18.2 Å². The molecule has 1 aromatic carbocycles. The standard InChI is InChI=1S/C16H23BO5/c1-15(2)16(3,4)22-17(21-15)13-7-6-11(8-14(13)18-5)20-12-9-19-10-12/h6-8,12H,9-10H2,1-5H3. The normalized spacial score (nSPS) is 23.2. The lowest BCUT2D eigenvalue weighted by Gasteiger charge is -2.32. The highest BCUT2D eigenvalue weighted by Gasteiger charge is 2.52. The molecule has 120 valence electrons. The SMILES string of the molecule is COc1cc(OC2COC2)ccc1B1OC(C)(C)C(C)(C)O1. The quantitative estimate of drug-likeness (QED) is 0.794. The molecule has 0 saturated carbocycles. The van der Waals surface area contributed by atoms with E-state index in [0.717, 1.165) is 11.2 Å². The van der Waals surface area contributed by atoms with E-state index in [1.165, 1.54) is 0 Å². The molecule has 0 bridgehead atoms. The van der Waals surface area contributed by atoms with E-state index >= 15 is 0 Å². The van der Waals surface area contributed by atoms with Crippen LogP contribution in [0, 0.1) is 0 Å². The number of hydrogen-bond acceptors (Lipinski definition) is 5. The van der Waals surface area contributed by atoms with Gasteiger partial charge in [0.2, 0.25) is 0 Å². The molecule has 6 heteroatoms. The Labute approximate surface area is 132 Å². The topological polar surface area (TPSA) is 46.2 Å². The Morgan fingerprint density at radius 1 is 1.09 bits per heavy atom. The first-order valence-electron chi connectivity index (χ1n) is 7.60. The van der Waals surface area contributed by atoms with Crippen LogP contribution in [0.1, 0.15) is 27.7 Å². The predicted molar refractivity (Wildman–Crippen MR) is 83.9 cm³/mol. The highest BCUT2D eigenvalue weighted by atomic mass is 16.7. The van der Waals surface area contributed by atoms with E-state index in [9.17, 15) is 0 Å². The fourth-order valence-electron chi connectivity index (χ4n) is 2.40. The van der Waals surface area contributed by atoms with Crippen molar-refractivity contribution >= 4 is 12.6 Å². The van der Waals surface area contributed by atoms with Crippen LogP contribution < -0.4 is 14.9 Å². The lowest BCUT2D eigenvalue weighted by atomic mass is 9.78. The number of benzene rings is 1. The van der Waals surface area contributed by atoms with Gasteiger partial charge in [-0.1, -0.05) is 6.07 Å². The van der Waals surface area contributed by atoms with E-state index in [2.05, 4.69) is 0 Å². The van der Waals surface area contributed by atoms with Gasteiger partial charge >= 0.3 is 7.12 Å². The van der Waals surface area contributed by atoms with Crippen molar-refractivity contribution in [3.63, 3.8) is 0 Å². The molecule has 0 atom stereocenters. The highest BCUT2D eigenvalue weighted by Crippen LogP contribution is 2.37. The van der Waals surface area contributed by atoms with Gasteiger partial charge in [-0.25, -0.2) is 0 Å². The van der Waals surface area contributed by atoms with Crippen LogP contribution in [0.5, 0.6) is 11.5 Å². The molecule has 5 nitrogen and oxygen atoms in total. The smallest absolute Gasteiger partial charge is 0.497 e. The Bertz CT molecular complexity index is 537. The Morgan fingerprint density at radius 2 is 1.73 bits per heavy atom. The molecule has 2 fully saturated rings. The van der Waals surface area contributed by atoms with Gasteiger partial charge in [0.05, 0.1) is 31.5 Å². The summed E-state index contributed by atoms with van der Waals surface area (Å²) in [5.74, 6) is 1.47. The molecule has 0 N–H and O–H groups in total. The Kier molecular flexibility index (Phi) is 3.87. The molecule has 2 aliphatic heterocycles. The van der Waals surface area contributed by atoms with Gasteiger partial charge in [0.25, 0.3) is 0 Å². The van der Waals surface area contributed by atoms with E-state index in [4.69, 9.17) is 23.5 Å². The average molecular weight is 306 g/mol. The van der Waals surface area contributed by atoms with Gasteiger partial charge < -0.3 is 23.5 Å². The van der Waals surface area contributed by atoms with Gasteiger partial charge in [-0.05, 0) is 33.8 Å². The molecule has 2 heterocycles. The first-order valence-corrected chi connectivity index (χ1v) is 7.60. The van der Waals surface area contributed by atoms with Crippen molar-refractivity contribution in [2.75, 3.05) is 20.3 Å². The molecule has 0 radical (unpaired) electrons. The van der Waals surface area contributed by atoms with Gasteiger partial charge in [0, 0.05) is 11.5 Å². The molecule has 1 aromatic rings. The monoisotopic (exact) mass is 306 g/mol. The minimum Gasteiger partial charge on any atom is -0.497 e. The third-order valence-electron chi connectivity index (χ3n) is 4.62. The van der Waals surface area contributed by atoms with Crippen LogP contribution in [0.3, 0.4) is 0 Å². The lowest BCUT2D eigenvalue weighted by Crippen LogP contribution is -2.41. The summed E-state index contributed by atoms with van der Waals surface area (Å²) in [6.07, 6.45) is 0.132. The second kappa shape index (κ2) is 5.44. The molecule has 0 aromatic heterocycles. The van der Waals surface area contributed by atoms with Crippen molar-refractivity contribution in [2.45, 2.75) is 45.0 Å². The first kappa shape index (κ1) is 15.7. The molecule has 2 aliphatic rings. The summed E-state index contributed by atoms with van der Waals surface area (Å²) in [5, 5.41) is 0. The minimum absolute atomic E-state index is 0.132. The summed E-state index contributed by atoms with van der Waals surface area (Å²) in [4.78, 5) is 0. The number of methoxy groups -OCH3 is 1. The third kappa shape index (κ3) is 2.71. The summed E-state index contributed by atoms with van der Waals surface area (Å²) in [5.41, 5.74) is 0.126. The van der Waals surface area contributed by atoms with Gasteiger partial charge in [-0.3, -0.25) is 0 Å². The number of rotatable bonds is 4. The van der Waals surface area contributed by atoms with Crippen molar-refractivity contribution in [3.05, 3.63) is 18.2 Å². The molecule has 22 heavy (non-hydrogen) atoms. The maximum absolute atomic E-state index is 6.08. The van der Waals surface area contributed by atoms with Crippen LogP contribution in [-0.2, 0) is 14.0 Å². The Balaban J connectivity index is 1.81. The van der Waals surface area contributed by atoms with Crippen molar-refractivity contribution in [3.8, 4) is 11.5 Å². The molecule has 0 unspecified atom stereocenters. The predicted octanol–water partition coefficient (Wildman–Crippen LogP) is 1.77. The second-order valence-corrected chi connectivity index (χ2v) is 6.77. The average Bonchev–Trinajstić information content (AvgIpc) is 2.62. The summed E-state index contributed by atoms with van der Waals surface area (Å²) in [6.45, 7) is 9.42. The van der Waals surface area contributed by atoms with Gasteiger partial charge in [0.1, 0.15) is 17.6 Å². The molecular weight excluding hydrogens is 283 g/mol.